The Morgan fingerprint density at radius 2 is 1.86 bits per heavy atom. The van der Waals surface area contributed by atoms with Crippen LogP contribution in [0.2, 0.25) is 0 Å². The van der Waals surface area contributed by atoms with Gasteiger partial charge in [-0.15, -0.1) is 0 Å². The van der Waals surface area contributed by atoms with E-state index in [1.54, 1.807) is 0 Å². The molecule has 3 N–H and O–H groups in total. The number of aliphatic hydroxyl groups excluding tert-OH is 1. The second kappa shape index (κ2) is 11.1. The van der Waals surface area contributed by atoms with Gasteiger partial charge in [0.25, 0.3) is 0 Å². The van der Waals surface area contributed by atoms with E-state index in [0.717, 1.165) is 29.0 Å². The molecule has 0 aromatic heterocycles. The number of anilines is 1. The molecule has 1 fully saturated rings. The predicted octanol–water partition coefficient (Wildman–Crippen LogP) is 4.97. The number of hydrogen-bond donors (Lipinski definition) is 3. The highest BCUT2D eigenvalue weighted by Crippen LogP contribution is 2.36. The number of ether oxygens (including phenoxy) is 1. The van der Waals surface area contributed by atoms with E-state index in [9.17, 15) is 19.8 Å². The smallest absolute Gasteiger partial charge is 0.323 e. The minimum absolute atomic E-state index is 0.158. The first-order valence-electron chi connectivity index (χ1n) is 13.4. The van der Waals surface area contributed by atoms with Crippen molar-refractivity contribution in [3.63, 3.8) is 0 Å². The lowest BCUT2D eigenvalue weighted by atomic mass is 9.97. The van der Waals surface area contributed by atoms with Crippen LogP contribution in [-0.4, -0.2) is 51.3 Å². The van der Waals surface area contributed by atoms with Crippen molar-refractivity contribution in [2.75, 3.05) is 11.9 Å². The fourth-order valence-electron chi connectivity index (χ4n) is 5.52. The van der Waals surface area contributed by atoms with Crippen LogP contribution in [0, 0.1) is 5.92 Å². The van der Waals surface area contributed by atoms with E-state index >= 15 is 0 Å². The van der Waals surface area contributed by atoms with Gasteiger partial charge in [-0.2, -0.15) is 0 Å². The molecule has 0 radical (unpaired) electrons. The van der Waals surface area contributed by atoms with Gasteiger partial charge in [-0.05, 0) is 80.3 Å². The highest BCUT2D eigenvalue weighted by atomic mass is 16.5. The molecule has 37 heavy (non-hydrogen) atoms. The molecule has 7 heteroatoms. The number of benzene rings is 2. The van der Waals surface area contributed by atoms with Crippen LogP contribution in [0.5, 0.6) is 5.75 Å². The number of amides is 1. The van der Waals surface area contributed by atoms with Gasteiger partial charge in [-0.1, -0.05) is 38.1 Å². The molecule has 7 nitrogen and oxygen atoms in total. The Morgan fingerprint density at radius 1 is 1.11 bits per heavy atom. The Hall–Kier alpha value is -3.06. The maximum absolute atomic E-state index is 13.6. The van der Waals surface area contributed by atoms with Crippen LogP contribution in [0.3, 0.4) is 0 Å². The SMILES string of the molecule is CC(C)c1cccc(N[C@H]2CC[C@@H](C(=O)N(CC(=O)O)Cc3ccc4c(c3)CC(C)(C)O4)CC[C@@H]2O)c1. The van der Waals surface area contributed by atoms with Crippen LogP contribution in [0.25, 0.3) is 0 Å². The molecule has 1 saturated carbocycles. The van der Waals surface area contributed by atoms with Gasteiger partial charge in [-0.25, -0.2) is 0 Å². The first-order valence-corrected chi connectivity index (χ1v) is 13.4. The highest BCUT2D eigenvalue weighted by Gasteiger charge is 2.33. The van der Waals surface area contributed by atoms with Crippen molar-refractivity contribution in [1.82, 2.24) is 4.90 Å². The van der Waals surface area contributed by atoms with Gasteiger partial charge < -0.3 is 25.2 Å². The number of rotatable bonds is 8. The fraction of sp³-hybridized carbons (Fsp3) is 0.533. The van der Waals surface area contributed by atoms with Crippen LogP contribution in [0.1, 0.15) is 76.0 Å². The maximum atomic E-state index is 13.6. The van der Waals surface area contributed by atoms with E-state index in [-0.39, 0.29) is 36.6 Å². The second-order valence-electron chi connectivity index (χ2n) is 11.5. The number of aliphatic carboxylic acids is 1. The highest BCUT2D eigenvalue weighted by molar-refractivity contribution is 5.83. The average molecular weight is 509 g/mol. The lowest BCUT2D eigenvalue weighted by Gasteiger charge is -2.26. The number of nitrogens with one attached hydrogen (secondary N) is 1. The summed E-state index contributed by atoms with van der Waals surface area (Å²) < 4.78 is 5.95. The molecule has 3 atom stereocenters. The third-order valence-electron chi connectivity index (χ3n) is 7.49. The first kappa shape index (κ1) is 27.0. The van der Waals surface area contributed by atoms with Crippen molar-refractivity contribution >= 4 is 17.6 Å². The van der Waals surface area contributed by atoms with Crippen LogP contribution < -0.4 is 10.1 Å². The third-order valence-corrected chi connectivity index (χ3v) is 7.49. The summed E-state index contributed by atoms with van der Waals surface area (Å²) in [5, 5.41) is 23.9. The van der Waals surface area contributed by atoms with Gasteiger partial charge in [0, 0.05) is 24.6 Å². The standard InChI is InChI=1S/C30H40N2O5/c1-19(2)22-6-5-7-24(15-22)31-25-11-9-21(10-12-26(25)33)29(36)32(18-28(34)35)17-20-8-13-27-23(14-20)16-30(3,4)37-27/h5-8,13-15,19,21,25-26,31,33H,9-12,16-18H2,1-4H3,(H,34,35)/t21-,25+,26+/m1/s1. The van der Waals surface area contributed by atoms with Crippen molar-refractivity contribution in [2.24, 2.45) is 5.92 Å². The number of fused-ring (bicyclic) bond motifs is 1. The minimum Gasteiger partial charge on any atom is -0.487 e. The zero-order valence-corrected chi connectivity index (χ0v) is 22.4. The van der Waals surface area contributed by atoms with Crippen molar-refractivity contribution in [2.45, 2.75) is 90.0 Å². The van der Waals surface area contributed by atoms with E-state index in [2.05, 4.69) is 31.3 Å². The molecule has 0 saturated heterocycles. The van der Waals surface area contributed by atoms with Crippen LogP contribution in [-0.2, 0) is 22.6 Å². The Bertz CT molecular complexity index is 1130. The van der Waals surface area contributed by atoms with Crippen LogP contribution in [0.4, 0.5) is 5.69 Å². The Balaban J connectivity index is 1.43. The summed E-state index contributed by atoms with van der Waals surface area (Å²) in [6, 6.07) is 13.9. The van der Waals surface area contributed by atoms with E-state index in [4.69, 9.17) is 4.74 Å². The molecule has 0 bridgehead atoms. The van der Waals surface area contributed by atoms with E-state index in [1.165, 1.54) is 10.5 Å². The number of nitrogens with zero attached hydrogens (tertiary/aromatic N) is 1. The molecule has 2 aromatic rings. The molecule has 4 rings (SSSR count). The number of carbonyl (C=O) groups excluding carboxylic acids is 1. The predicted molar refractivity (Wildman–Crippen MR) is 144 cm³/mol. The molecule has 200 valence electrons. The van der Waals surface area contributed by atoms with Crippen molar-refractivity contribution < 1.29 is 24.5 Å². The molecular formula is C30H40N2O5. The van der Waals surface area contributed by atoms with Crippen molar-refractivity contribution in [3.05, 3.63) is 59.2 Å². The summed E-state index contributed by atoms with van der Waals surface area (Å²) in [7, 11) is 0. The summed E-state index contributed by atoms with van der Waals surface area (Å²) in [6.45, 7) is 8.27. The molecule has 2 aliphatic rings. The molecule has 2 aromatic carbocycles. The van der Waals surface area contributed by atoms with Gasteiger partial charge in [0.2, 0.25) is 5.91 Å². The fourth-order valence-corrected chi connectivity index (χ4v) is 5.52. The summed E-state index contributed by atoms with van der Waals surface area (Å²) >= 11 is 0. The van der Waals surface area contributed by atoms with Gasteiger partial charge in [0.15, 0.2) is 0 Å². The number of carbonyl (C=O) groups is 2. The Morgan fingerprint density at radius 3 is 2.59 bits per heavy atom. The third kappa shape index (κ3) is 6.83. The minimum atomic E-state index is -1.03. The van der Waals surface area contributed by atoms with Crippen molar-refractivity contribution in [3.8, 4) is 5.75 Å². The lowest BCUT2D eigenvalue weighted by molar-refractivity contribution is -0.147. The molecule has 1 heterocycles. The van der Waals surface area contributed by atoms with Crippen molar-refractivity contribution in [1.29, 1.82) is 0 Å². The number of carboxylic acid groups (broad SMARTS) is 1. The average Bonchev–Trinajstić information content (AvgIpc) is 3.03. The molecular weight excluding hydrogens is 468 g/mol. The molecule has 1 aliphatic carbocycles. The van der Waals surface area contributed by atoms with Gasteiger partial charge >= 0.3 is 5.97 Å². The summed E-state index contributed by atoms with van der Waals surface area (Å²) in [4.78, 5) is 26.6. The molecule has 1 amide bonds. The first-order chi connectivity index (χ1) is 17.5. The summed E-state index contributed by atoms with van der Waals surface area (Å²) in [5.74, 6) is -0.251. The van der Waals surface area contributed by atoms with E-state index in [0.29, 0.717) is 31.6 Å². The number of hydrogen-bond acceptors (Lipinski definition) is 5. The monoisotopic (exact) mass is 508 g/mol. The topological polar surface area (TPSA) is 99.1 Å². The zero-order valence-electron chi connectivity index (χ0n) is 22.4. The summed E-state index contributed by atoms with van der Waals surface area (Å²) in [6.07, 6.45) is 2.46. The van der Waals surface area contributed by atoms with E-state index < -0.39 is 12.1 Å². The van der Waals surface area contributed by atoms with Gasteiger partial charge in [0.05, 0.1) is 12.1 Å². The quantitative estimate of drug-likeness (QED) is 0.436. The Kier molecular flexibility index (Phi) is 8.12. The molecule has 0 unspecified atom stereocenters. The summed E-state index contributed by atoms with van der Waals surface area (Å²) in [5.41, 5.74) is 3.91. The Labute approximate surface area is 219 Å². The van der Waals surface area contributed by atoms with Gasteiger partial charge in [0.1, 0.15) is 17.9 Å². The maximum Gasteiger partial charge on any atom is 0.323 e. The lowest BCUT2D eigenvalue weighted by Crippen LogP contribution is -2.39. The zero-order chi connectivity index (χ0) is 26.7. The number of carboxylic acids is 1. The van der Waals surface area contributed by atoms with E-state index in [1.807, 2.05) is 44.2 Å². The van der Waals surface area contributed by atoms with Crippen LogP contribution >= 0.6 is 0 Å². The molecule has 0 spiro atoms. The normalized spacial score (nSPS) is 22.6. The largest absolute Gasteiger partial charge is 0.487 e. The van der Waals surface area contributed by atoms with Crippen LogP contribution in [0.15, 0.2) is 42.5 Å². The molecule has 1 aliphatic heterocycles. The number of aliphatic hydroxyl groups is 1. The second-order valence-corrected chi connectivity index (χ2v) is 11.5. The van der Waals surface area contributed by atoms with Gasteiger partial charge in [-0.3, -0.25) is 9.59 Å².